The van der Waals surface area contributed by atoms with E-state index in [1.807, 2.05) is 0 Å². The molecular formula is C8H5BrN2O2. The Kier molecular flexibility index (Phi) is 1.81. The minimum atomic E-state index is -0.609. The van der Waals surface area contributed by atoms with Crippen LogP contribution in [-0.4, -0.2) is 14.5 Å². The first kappa shape index (κ1) is 8.25. The molecular weight excluding hydrogens is 236 g/mol. The van der Waals surface area contributed by atoms with Crippen molar-refractivity contribution in [3.05, 3.63) is 39.4 Å². The van der Waals surface area contributed by atoms with Crippen LogP contribution in [-0.2, 0) is 0 Å². The van der Waals surface area contributed by atoms with Crippen LogP contribution in [0.25, 0.3) is 5.65 Å². The van der Waals surface area contributed by atoms with Gasteiger partial charge in [-0.2, -0.15) is 4.98 Å². The standard InChI is InChI=1S/C8H5BrN2O2/c9-5-1-2-7-10-8(13)6(12)4-11(7)3-5/h1-4,12H. The molecule has 0 aliphatic rings. The number of aromatic hydroxyl groups is 1. The van der Waals surface area contributed by atoms with Gasteiger partial charge < -0.3 is 9.51 Å². The third-order valence-corrected chi connectivity index (χ3v) is 2.08. The first-order valence-electron chi connectivity index (χ1n) is 3.54. The van der Waals surface area contributed by atoms with Crippen molar-refractivity contribution in [2.75, 3.05) is 0 Å². The third kappa shape index (κ3) is 1.42. The highest BCUT2D eigenvalue weighted by Crippen LogP contribution is 2.11. The van der Waals surface area contributed by atoms with E-state index in [1.54, 1.807) is 22.7 Å². The predicted octanol–water partition coefficient (Wildman–Crippen LogP) is 1.16. The first-order chi connectivity index (χ1) is 6.16. The molecule has 0 spiro atoms. The molecule has 0 fully saturated rings. The Morgan fingerprint density at radius 3 is 2.92 bits per heavy atom. The number of nitrogens with zero attached hydrogens (tertiary/aromatic N) is 2. The van der Waals surface area contributed by atoms with Gasteiger partial charge in [0.1, 0.15) is 5.65 Å². The molecule has 0 saturated heterocycles. The number of hydrogen-bond donors (Lipinski definition) is 1. The van der Waals surface area contributed by atoms with Gasteiger partial charge in [0.2, 0.25) is 5.75 Å². The van der Waals surface area contributed by atoms with Gasteiger partial charge >= 0.3 is 5.56 Å². The van der Waals surface area contributed by atoms with E-state index in [9.17, 15) is 4.79 Å². The van der Waals surface area contributed by atoms with Crippen LogP contribution < -0.4 is 5.56 Å². The lowest BCUT2D eigenvalue weighted by Crippen LogP contribution is -2.07. The molecule has 0 bridgehead atoms. The third-order valence-electron chi connectivity index (χ3n) is 1.62. The monoisotopic (exact) mass is 240 g/mol. The fraction of sp³-hybridized carbons (Fsp3) is 0. The van der Waals surface area contributed by atoms with E-state index in [0.717, 1.165) is 4.47 Å². The van der Waals surface area contributed by atoms with Gasteiger partial charge in [0.15, 0.2) is 0 Å². The predicted molar refractivity (Wildman–Crippen MR) is 50.8 cm³/mol. The highest BCUT2D eigenvalue weighted by molar-refractivity contribution is 9.10. The van der Waals surface area contributed by atoms with Crippen LogP contribution in [0.4, 0.5) is 0 Å². The summed E-state index contributed by atoms with van der Waals surface area (Å²) < 4.78 is 2.42. The van der Waals surface area contributed by atoms with Crippen LogP contribution in [0.2, 0.25) is 0 Å². The lowest BCUT2D eigenvalue weighted by atomic mass is 10.4. The van der Waals surface area contributed by atoms with Gasteiger partial charge in [0.05, 0.1) is 6.20 Å². The second-order valence-corrected chi connectivity index (χ2v) is 3.46. The van der Waals surface area contributed by atoms with Crippen molar-refractivity contribution >= 4 is 21.6 Å². The summed E-state index contributed by atoms with van der Waals surface area (Å²) in [7, 11) is 0. The molecule has 4 nitrogen and oxygen atoms in total. The summed E-state index contributed by atoms with van der Waals surface area (Å²) in [5, 5.41) is 9.10. The summed E-state index contributed by atoms with van der Waals surface area (Å²) >= 11 is 3.27. The second-order valence-electron chi connectivity index (χ2n) is 2.54. The molecule has 0 atom stereocenters. The fourth-order valence-corrected chi connectivity index (χ4v) is 1.38. The lowest BCUT2D eigenvalue weighted by Gasteiger charge is -2.00. The van der Waals surface area contributed by atoms with Gasteiger partial charge in [-0.25, -0.2) is 0 Å². The first-order valence-corrected chi connectivity index (χ1v) is 4.33. The topological polar surface area (TPSA) is 54.6 Å². The van der Waals surface area contributed by atoms with Gasteiger partial charge in [-0.1, -0.05) is 0 Å². The molecule has 13 heavy (non-hydrogen) atoms. The van der Waals surface area contributed by atoms with Crippen molar-refractivity contribution in [2.24, 2.45) is 0 Å². The van der Waals surface area contributed by atoms with Crippen molar-refractivity contribution in [1.82, 2.24) is 9.38 Å². The molecule has 0 unspecified atom stereocenters. The molecule has 66 valence electrons. The normalized spacial score (nSPS) is 10.5. The van der Waals surface area contributed by atoms with Crippen LogP contribution >= 0.6 is 15.9 Å². The molecule has 2 heterocycles. The number of pyridine rings is 1. The second kappa shape index (κ2) is 2.85. The summed E-state index contributed by atoms with van der Waals surface area (Å²) in [6.07, 6.45) is 3.04. The Bertz CT molecular complexity index is 521. The Labute approximate surface area is 81.6 Å². The number of aromatic nitrogens is 2. The molecule has 0 radical (unpaired) electrons. The smallest absolute Gasteiger partial charge is 0.315 e. The Balaban J connectivity index is 2.89. The molecule has 5 heteroatoms. The highest BCUT2D eigenvalue weighted by atomic mass is 79.9. The van der Waals surface area contributed by atoms with E-state index in [2.05, 4.69) is 20.9 Å². The van der Waals surface area contributed by atoms with Crippen LogP contribution in [0.5, 0.6) is 5.75 Å². The number of halogens is 1. The average Bonchev–Trinajstić information content (AvgIpc) is 2.08. The number of fused-ring (bicyclic) bond motifs is 1. The van der Waals surface area contributed by atoms with E-state index >= 15 is 0 Å². The van der Waals surface area contributed by atoms with Crippen molar-refractivity contribution in [3.63, 3.8) is 0 Å². The van der Waals surface area contributed by atoms with E-state index in [1.165, 1.54) is 6.20 Å². The van der Waals surface area contributed by atoms with E-state index in [4.69, 9.17) is 5.11 Å². The van der Waals surface area contributed by atoms with Crippen molar-refractivity contribution < 1.29 is 5.11 Å². The van der Waals surface area contributed by atoms with Gasteiger partial charge in [-0.3, -0.25) is 4.79 Å². The summed E-state index contributed by atoms with van der Waals surface area (Å²) in [5.74, 6) is -0.351. The van der Waals surface area contributed by atoms with E-state index in [0.29, 0.717) is 5.65 Å². The van der Waals surface area contributed by atoms with Crippen molar-refractivity contribution in [2.45, 2.75) is 0 Å². The van der Waals surface area contributed by atoms with E-state index in [-0.39, 0.29) is 5.75 Å². The SMILES string of the molecule is O=c1nc2ccc(Br)cn2cc1O. The average molecular weight is 241 g/mol. The molecule has 2 aromatic heterocycles. The Morgan fingerprint density at radius 2 is 2.15 bits per heavy atom. The Morgan fingerprint density at radius 1 is 1.38 bits per heavy atom. The molecule has 1 N–H and O–H groups in total. The summed E-state index contributed by atoms with van der Waals surface area (Å²) in [4.78, 5) is 14.6. The lowest BCUT2D eigenvalue weighted by molar-refractivity contribution is 0.463. The van der Waals surface area contributed by atoms with E-state index < -0.39 is 5.56 Å². The Hall–Kier alpha value is -1.36. The number of rotatable bonds is 0. The molecule has 2 rings (SSSR count). The summed E-state index contributed by atoms with van der Waals surface area (Å²) in [5.41, 5.74) is -0.103. The van der Waals surface area contributed by atoms with Gasteiger partial charge in [-0.05, 0) is 28.1 Å². The molecule has 0 amide bonds. The molecule has 0 saturated carbocycles. The van der Waals surface area contributed by atoms with Crippen molar-refractivity contribution in [3.8, 4) is 5.75 Å². The summed E-state index contributed by atoms with van der Waals surface area (Å²) in [6, 6.07) is 3.46. The molecule has 2 aromatic rings. The zero-order chi connectivity index (χ0) is 9.42. The largest absolute Gasteiger partial charge is 0.502 e. The zero-order valence-corrected chi connectivity index (χ0v) is 8.02. The molecule has 0 aliphatic carbocycles. The van der Waals surface area contributed by atoms with Gasteiger partial charge in [0.25, 0.3) is 0 Å². The maximum absolute atomic E-state index is 10.9. The van der Waals surface area contributed by atoms with Crippen LogP contribution in [0.3, 0.4) is 0 Å². The zero-order valence-electron chi connectivity index (χ0n) is 6.44. The van der Waals surface area contributed by atoms with Crippen molar-refractivity contribution in [1.29, 1.82) is 0 Å². The van der Waals surface area contributed by atoms with Crippen LogP contribution in [0, 0.1) is 0 Å². The maximum atomic E-state index is 10.9. The minimum Gasteiger partial charge on any atom is -0.502 e. The highest BCUT2D eigenvalue weighted by Gasteiger charge is 2.00. The quantitative estimate of drug-likeness (QED) is 0.752. The number of hydrogen-bond acceptors (Lipinski definition) is 3. The molecule has 0 aliphatic heterocycles. The summed E-state index contributed by atoms with van der Waals surface area (Å²) in [6.45, 7) is 0. The minimum absolute atomic E-state index is 0.351. The fourth-order valence-electron chi connectivity index (χ4n) is 1.03. The van der Waals surface area contributed by atoms with Gasteiger partial charge in [0, 0.05) is 10.7 Å². The van der Waals surface area contributed by atoms with Crippen LogP contribution in [0.15, 0.2) is 33.8 Å². The van der Waals surface area contributed by atoms with Crippen LogP contribution in [0.1, 0.15) is 0 Å². The van der Waals surface area contributed by atoms with Gasteiger partial charge in [-0.15, -0.1) is 0 Å². The molecule has 0 aromatic carbocycles. The maximum Gasteiger partial charge on any atom is 0.315 e.